The Bertz CT molecular complexity index is 1070. The first-order valence-electron chi connectivity index (χ1n) is 8.84. The molecule has 9 heteroatoms. The van der Waals surface area contributed by atoms with Gasteiger partial charge in [-0.3, -0.25) is 14.6 Å². The van der Waals surface area contributed by atoms with Gasteiger partial charge in [-0.1, -0.05) is 12.1 Å². The van der Waals surface area contributed by atoms with Gasteiger partial charge in [0.2, 0.25) is 0 Å². The molecule has 152 valence electrons. The largest absolute Gasteiger partial charge is 0.451 e. The zero-order valence-electron chi connectivity index (χ0n) is 15.9. The number of nitrogens with zero attached hydrogens (tertiary/aromatic N) is 2. The van der Waals surface area contributed by atoms with Crippen molar-refractivity contribution in [2.75, 3.05) is 17.2 Å². The number of para-hydroxylation sites is 1. The number of nitrogens with one attached hydrogen (secondary N) is 2. The second-order valence-corrected chi connectivity index (χ2v) is 6.17. The lowest BCUT2D eigenvalue weighted by Crippen LogP contribution is -2.23. The fourth-order valence-corrected chi connectivity index (χ4v) is 2.41. The Morgan fingerprint density at radius 2 is 1.70 bits per heavy atom. The molecular formula is C21H17FN4O4. The fourth-order valence-electron chi connectivity index (χ4n) is 2.41. The minimum absolute atomic E-state index is 0.0209. The normalized spacial score (nSPS) is 10.2. The maximum atomic E-state index is 13.0. The highest BCUT2D eigenvalue weighted by Crippen LogP contribution is 2.18. The number of esters is 1. The van der Waals surface area contributed by atoms with E-state index in [0.29, 0.717) is 11.4 Å². The predicted octanol–water partition coefficient (Wildman–Crippen LogP) is 2.97. The van der Waals surface area contributed by atoms with Crippen LogP contribution in [0.25, 0.3) is 0 Å². The number of halogens is 1. The van der Waals surface area contributed by atoms with Crippen LogP contribution in [0, 0.1) is 12.7 Å². The van der Waals surface area contributed by atoms with Crippen LogP contribution in [0.15, 0.2) is 60.9 Å². The van der Waals surface area contributed by atoms with Crippen molar-refractivity contribution in [1.82, 2.24) is 9.97 Å². The number of ether oxygens (including phenoxy) is 1. The lowest BCUT2D eigenvalue weighted by molar-refractivity contribution is -0.119. The first kappa shape index (κ1) is 20.6. The number of hydrogen-bond acceptors (Lipinski definition) is 6. The second kappa shape index (κ2) is 9.37. The van der Waals surface area contributed by atoms with Gasteiger partial charge in [0.1, 0.15) is 5.82 Å². The molecule has 1 heterocycles. The predicted molar refractivity (Wildman–Crippen MR) is 106 cm³/mol. The van der Waals surface area contributed by atoms with Crippen LogP contribution < -0.4 is 10.6 Å². The number of aromatic nitrogens is 2. The maximum Gasteiger partial charge on any atom is 0.359 e. The zero-order chi connectivity index (χ0) is 21.5. The van der Waals surface area contributed by atoms with Crippen LogP contribution in [0.1, 0.15) is 26.5 Å². The van der Waals surface area contributed by atoms with Crippen molar-refractivity contribution < 1.29 is 23.5 Å². The van der Waals surface area contributed by atoms with Crippen LogP contribution >= 0.6 is 0 Å². The van der Waals surface area contributed by atoms with Gasteiger partial charge in [0.25, 0.3) is 11.8 Å². The molecule has 0 saturated carbocycles. The number of anilines is 2. The standard InChI is InChI=1S/C21H17FN4O4/c1-13-10-24-18(11-23-13)21(29)30-12-19(27)26-17-5-3-2-4-16(17)20(28)25-15-8-6-14(22)7-9-15/h2-11H,12H2,1H3,(H,25,28)(H,26,27). The van der Waals surface area contributed by atoms with Gasteiger partial charge in [-0.15, -0.1) is 0 Å². The third-order valence-electron chi connectivity index (χ3n) is 3.87. The molecule has 0 saturated heterocycles. The van der Waals surface area contributed by atoms with Gasteiger partial charge in [-0.05, 0) is 43.3 Å². The van der Waals surface area contributed by atoms with Crippen LogP contribution in [-0.2, 0) is 9.53 Å². The summed E-state index contributed by atoms with van der Waals surface area (Å²) < 4.78 is 17.9. The first-order chi connectivity index (χ1) is 14.4. The molecule has 2 aromatic carbocycles. The molecule has 0 aliphatic rings. The molecule has 0 unspecified atom stereocenters. The third-order valence-corrected chi connectivity index (χ3v) is 3.87. The smallest absolute Gasteiger partial charge is 0.359 e. The topological polar surface area (TPSA) is 110 Å². The molecule has 3 rings (SSSR count). The van der Waals surface area contributed by atoms with E-state index in [1.165, 1.54) is 48.8 Å². The fraction of sp³-hybridized carbons (Fsp3) is 0.0952. The molecule has 0 aliphatic heterocycles. The number of rotatable bonds is 6. The summed E-state index contributed by atoms with van der Waals surface area (Å²) in [6.07, 6.45) is 2.66. The van der Waals surface area contributed by atoms with Crippen LogP contribution in [0.5, 0.6) is 0 Å². The Kier molecular flexibility index (Phi) is 6.43. The monoisotopic (exact) mass is 408 g/mol. The molecule has 0 spiro atoms. The van der Waals surface area contributed by atoms with Gasteiger partial charge in [-0.25, -0.2) is 14.2 Å². The summed E-state index contributed by atoms with van der Waals surface area (Å²) >= 11 is 0. The Morgan fingerprint density at radius 3 is 2.40 bits per heavy atom. The summed E-state index contributed by atoms with van der Waals surface area (Å²) in [6, 6.07) is 11.6. The number of benzene rings is 2. The maximum absolute atomic E-state index is 13.0. The van der Waals surface area contributed by atoms with Crippen molar-refractivity contribution in [1.29, 1.82) is 0 Å². The van der Waals surface area contributed by atoms with E-state index in [-0.39, 0.29) is 16.9 Å². The number of hydrogen-bond donors (Lipinski definition) is 2. The van der Waals surface area contributed by atoms with E-state index >= 15 is 0 Å². The molecule has 0 radical (unpaired) electrons. The highest BCUT2D eigenvalue weighted by atomic mass is 19.1. The van der Waals surface area contributed by atoms with E-state index in [1.54, 1.807) is 19.1 Å². The molecule has 0 fully saturated rings. The molecule has 2 N–H and O–H groups in total. The SMILES string of the molecule is Cc1cnc(C(=O)OCC(=O)Nc2ccccc2C(=O)Nc2ccc(F)cc2)cn1. The lowest BCUT2D eigenvalue weighted by Gasteiger charge is -2.11. The minimum atomic E-state index is -0.792. The highest BCUT2D eigenvalue weighted by molar-refractivity contribution is 6.10. The number of carbonyl (C=O) groups is 3. The molecule has 0 aliphatic carbocycles. The lowest BCUT2D eigenvalue weighted by atomic mass is 10.1. The second-order valence-electron chi connectivity index (χ2n) is 6.17. The van der Waals surface area contributed by atoms with Gasteiger partial charge >= 0.3 is 5.97 Å². The van der Waals surface area contributed by atoms with Crippen molar-refractivity contribution in [2.24, 2.45) is 0 Å². The van der Waals surface area contributed by atoms with Crippen LogP contribution in [0.4, 0.5) is 15.8 Å². The van der Waals surface area contributed by atoms with E-state index in [1.807, 2.05) is 0 Å². The Hall–Kier alpha value is -4.14. The molecular weight excluding hydrogens is 391 g/mol. The molecule has 1 aromatic heterocycles. The van der Waals surface area contributed by atoms with Gasteiger partial charge < -0.3 is 15.4 Å². The van der Waals surface area contributed by atoms with Crippen molar-refractivity contribution in [3.63, 3.8) is 0 Å². The number of carbonyl (C=O) groups excluding carboxylic acids is 3. The Balaban J connectivity index is 1.61. The number of amides is 2. The molecule has 0 atom stereocenters. The molecule has 30 heavy (non-hydrogen) atoms. The summed E-state index contributed by atoms with van der Waals surface area (Å²) in [5.41, 5.74) is 1.43. The summed E-state index contributed by atoms with van der Waals surface area (Å²) in [5.74, 6) is -2.35. The van der Waals surface area contributed by atoms with Crippen LogP contribution in [0.3, 0.4) is 0 Å². The first-order valence-corrected chi connectivity index (χ1v) is 8.84. The summed E-state index contributed by atoms with van der Waals surface area (Å²) in [7, 11) is 0. The molecule has 2 amide bonds. The summed E-state index contributed by atoms with van der Waals surface area (Å²) in [4.78, 5) is 44.4. The Morgan fingerprint density at radius 1 is 0.967 bits per heavy atom. The van der Waals surface area contributed by atoms with Crippen molar-refractivity contribution >= 4 is 29.2 Å². The third kappa shape index (κ3) is 5.44. The Labute approximate surface area is 171 Å². The molecule has 3 aromatic rings. The highest BCUT2D eigenvalue weighted by Gasteiger charge is 2.16. The zero-order valence-corrected chi connectivity index (χ0v) is 15.9. The van der Waals surface area contributed by atoms with E-state index in [9.17, 15) is 18.8 Å². The van der Waals surface area contributed by atoms with Gasteiger partial charge in [0.05, 0.1) is 23.1 Å². The van der Waals surface area contributed by atoms with E-state index < -0.39 is 30.2 Å². The summed E-state index contributed by atoms with van der Waals surface area (Å²) in [5, 5.41) is 5.15. The molecule has 8 nitrogen and oxygen atoms in total. The average molecular weight is 408 g/mol. The van der Waals surface area contributed by atoms with Crippen molar-refractivity contribution in [3.8, 4) is 0 Å². The van der Waals surface area contributed by atoms with E-state index in [2.05, 4.69) is 20.6 Å². The molecule has 0 bridgehead atoms. The van der Waals surface area contributed by atoms with Gasteiger partial charge in [0, 0.05) is 11.9 Å². The van der Waals surface area contributed by atoms with E-state index in [4.69, 9.17) is 4.74 Å². The van der Waals surface area contributed by atoms with Crippen LogP contribution in [-0.4, -0.2) is 34.4 Å². The van der Waals surface area contributed by atoms with Gasteiger partial charge in [-0.2, -0.15) is 0 Å². The minimum Gasteiger partial charge on any atom is -0.451 e. The van der Waals surface area contributed by atoms with Crippen molar-refractivity contribution in [3.05, 3.63) is 83.7 Å². The summed E-state index contributed by atoms with van der Waals surface area (Å²) in [6.45, 7) is 1.15. The van der Waals surface area contributed by atoms with Gasteiger partial charge in [0.15, 0.2) is 12.3 Å². The quantitative estimate of drug-likeness (QED) is 0.607. The average Bonchev–Trinajstić information content (AvgIpc) is 2.74. The number of aryl methyl sites for hydroxylation is 1. The van der Waals surface area contributed by atoms with Crippen molar-refractivity contribution in [2.45, 2.75) is 6.92 Å². The van der Waals surface area contributed by atoms with Crippen LogP contribution in [0.2, 0.25) is 0 Å². The van der Waals surface area contributed by atoms with E-state index in [0.717, 1.165) is 0 Å².